The molecule has 25 aromatic rings. The van der Waals surface area contributed by atoms with E-state index < -0.39 is 0 Å². The molecule has 0 aliphatic rings. The number of hydrogen-bond donors (Lipinski definition) is 0. The summed E-state index contributed by atoms with van der Waals surface area (Å²) in [6, 6.07) is 151. The minimum atomic E-state index is 0.820. The zero-order chi connectivity index (χ0) is 76.8. The minimum Gasteiger partial charge on any atom is -0.311 e. The fraction of sp³-hybridized carbons (Fsp3) is 0. The lowest BCUT2D eigenvalue weighted by molar-refractivity contribution is 1.08. The molecule has 544 valence electrons. The average Bonchev–Trinajstić information content (AvgIpc) is 1.52. The van der Waals surface area contributed by atoms with Gasteiger partial charge in [0, 0.05) is 93.3 Å². The molecule has 7 aromatic heterocycles. The van der Waals surface area contributed by atoms with Gasteiger partial charge in [-0.25, -0.2) is 9.97 Å². The number of nitrogens with zero attached hydrogens (tertiary/aromatic N) is 7. The van der Waals surface area contributed by atoms with Gasteiger partial charge < -0.3 is 18.3 Å². The Morgan fingerprint density at radius 1 is 0.214 bits per heavy atom. The van der Waals surface area contributed by atoms with Gasteiger partial charge >= 0.3 is 0 Å². The topological polar surface area (TPSA) is 47.7 Å². The van der Waals surface area contributed by atoms with Crippen LogP contribution in [0.25, 0.3) is 209 Å². The highest BCUT2D eigenvalue weighted by Gasteiger charge is 2.32. The molecule has 0 saturated carbocycles. The van der Waals surface area contributed by atoms with Gasteiger partial charge in [0.25, 0.3) is 0 Å². The predicted octanol–water partition coefficient (Wildman–Crippen LogP) is 29.3. The van der Waals surface area contributed by atoms with Crippen LogP contribution in [-0.2, 0) is 0 Å². The van der Waals surface area contributed by atoms with Crippen LogP contribution in [0.2, 0.25) is 0 Å². The third-order valence-electron chi connectivity index (χ3n) is 24.2. The van der Waals surface area contributed by atoms with E-state index in [0.717, 1.165) is 61.9 Å². The van der Waals surface area contributed by atoms with Gasteiger partial charge in [-0.05, 0) is 152 Å². The molecule has 7 heteroatoms. The zero-order valence-corrected chi connectivity index (χ0v) is 63.5. The Bertz CT molecular complexity index is 8140. The number of anilines is 3. The predicted molar refractivity (Wildman–Crippen MR) is 491 cm³/mol. The van der Waals surface area contributed by atoms with Crippen molar-refractivity contribution < 1.29 is 0 Å². The summed E-state index contributed by atoms with van der Waals surface area (Å²) in [4.78, 5) is 13.2. The molecule has 0 amide bonds. The first-order valence-electron chi connectivity index (χ1n) is 40.1. The molecule has 25 rings (SSSR count). The summed E-state index contributed by atoms with van der Waals surface area (Å²) in [5.41, 5.74) is 29.6. The molecule has 0 fully saturated rings. The van der Waals surface area contributed by atoms with E-state index in [1.807, 2.05) is 12.1 Å². The van der Waals surface area contributed by atoms with Crippen molar-refractivity contribution in [2.75, 3.05) is 4.90 Å². The molecule has 0 aliphatic heterocycles. The minimum absolute atomic E-state index is 0.820. The first kappa shape index (κ1) is 66.0. The van der Waals surface area contributed by atoms with Gasteiger partial charge in [-0.15, -0.1) is 0 Å². The van der Waals surface area contributed by atoms with Gasteiger partial charge in [-0.2, -0.15) is 0 Å². The Kier molecular flexibility index (Phi) is 14.9. The number of aromatic nitrogens is 6. The number of para-hydroxylation sites is 6. The second-order valence-electron chi connectivity index (χ2n) is 30.6. The van der Waals surface area contributed by atoms with Crippen LogP contribution in [0.1, 0.15) is 0 Å². The van der Waals surface area contributed by atoms with Crippen molar-refractivity contribution in [3.8, 4) is 78.7 Å². The molecule has 0 atom stereocenters. The molecule has 7 heterocycles. The lowest BCUT2D eigenvalue weighted by Gasteiger charge is -2.25. The Balaban J connectivity index is 0.000000136. The van der Waals surface area contributed by atoms with Crippen LogP contribution in [0.3, 0.4) is 0 Å². The Morgan fingerprint density at radius 3 is 1.04 bits per heavy atom. The van der Waals surface area contributed by atoms with E-state index in [2.05, 4.69) is 429 Å². The maximum absolute atomic E-state index is 5.51. The molecule has 0 spiro atoms. The highest BCUT2D eigenvalue weighted by atomic mass is 15.1. The largest absolute Gasteiger partial charge is 0.311 e. The quantitative estimate of drug-likeness (QED) is 0.130. The molecular weight excluding hydrogens is 1420 g/mol. The average molecular weight is 1490 g/mol. The molecule has 0 saturated heterocycles. The highest BCUT2D eigenvalue weighted by molar-refractivity contribution is 6.38. The smallest absolute Gasteiger partial charge is 0.165 e. The van der Waals surface area contributed by atoms with Gasteiger partial charge in [0.2, 0.25) is 0 Å². The number of rotatable bonds is 11. The third-order valence-corrected chi connectivity index (χ3v) is 24.2. The van der Waals surface area contributed by atoms with E-state index in [9.17, 15) is 0 Å². The standard InChI is InChI=1S/C60H39N3.C50H30N4/c1-5-17-42(18-6-1)55-51-37-38-54-57-56-52(50-27-15-16-28-53(50)63(60(51)57)58(55)43-19-7-2-8-20-43)39-44-21-13-14-26-49(44)59(56)62(54)48-35-31-41(32-36-48)40-29-33-47(34-30-40)61(45-22-9-3-10-23-45)46-24-11-4-12-25-46;1-4-16-31(17-5-1)43-37-28-29-42-45-44-38(36-24-12-15-27-41(36)53(49(37)45)47(43)33-20-8-3-9-21-33)30-34-22-10-11-23-35(34)48(44)54(42)50-46(32-18-6-2-7-19-32)51-39-25-13-14-26-40(39)52-50/h1-39H;1-30H. The molecule has 18 aromatic carbocycles. The SMILES string of the molecule is c1ccc(-c2c(-c3ccccc3)n3c4ccccc4c4cc5ccccc5c5c4c4c(ccc2c43)n5-c2ccc(-c3ccc(N(c4ccccc4)c4ccccc4)cc3)cc2)cc1.c1ccc(-c2nc3ccccc3nc2-n2c3ccc4c(-c5ccccc5)c(-c5ccccc5)n5c6ccccc6c6cc7ccccc7c2c6c3c45)cc1. The molecule has 0 aliphatic carbocycles. The van der Waals surface area contributed by atoms with Crippen LogP contribution < -0.4 is 4.90 Å². The van der Waals surface area contributed by atoms with Crippen molar-refractivity contribution in [1.29, 1.82) is 0 Å². The monoisotopic (exact) mass is 1490 g/mol. The molecule has 0 radical (unpaired) electrons. The van der Waals surface area contributed by atoms with Crippen molar-refractivity contribution >= 4 is 148 Å². The van der Waals surface area contributed by atoms with E-state index in [0.29, 0.717) is 0 Å². The normalized spacial score (nSPS) is 11.9. The van der Waals surface area contributed by atoms with Gasteiger partial charge in [-0.1, -0.05) is 322 Å². The van der Waals surface area contributed by atoms with E-state index in [-0.39, 0.29) is 0 Å². The van der Waals surface area contributed by atoms with E-state index in [1.165, 1.54) is 164 Å². The van der Waals surface area contributed by atoms with E-state index >= 15 is 0 Å². The van der Waals surface area contributed by atoms with Crippen LogP contribution in [0.5, 0.6) is 0 Å². The first-order chi connectivity index (χ1) is 58.1. The van der Waals surface area contributed by atoms with Crippen LogP contribution in [0.4, 0.5) is 17.1 Å². The maximum Gasteiger partial charge on any atom is 0.165 e. The van der Waals surface area contributed by atoms with Crippen molar-refractivity contribution in [3.63, 3.8) is 0 Å². The van der Waals surface area contributed by atoms with Crippen LogP contribution >= 0.6 is 0 Å². The van der Waals surface area contributed by atoms with Crippen LogP contribution in [-0.4, -0.2) is 27.9 Å². The third kappa shape index (κ3) is 10.1. The van der Waals surface area contributed by atoms with Gasteiger partial charge in [0.15, 0.2) is 5.82 Å². The molecule has 117 heavy (non-hydrogen) atoms. The van der Waals surface area contributed by atoms with Crippen molar-refractivity contribution in [1.82, 2.24) is 27.9 Å². The first-order valence-corrected chi connectivity index (χ1v) is 40.1. The molecule has 0 bridgehead atoms. The lowest BCUT2D eigenvalue weighted by Crippen LogP contribution is -2.09. The summed E-state index contributed by atoms with van der Waals surface area (Å²) >= 11 is 0. The van der Waals surface area contributed by atoms with Gasteiger partial charge in [-0.3, -0.25) is 4.57 Å². The lowest BCUT2D eigenvalue weighted by atomic mass is 9.96. The van der Waals surface area contributed by atoms with Crippen LogP contribution in [0, 0.1) is 0 Å². The van der Waals surface area contributed by atoms with Crippen molar-refractivity contribution in [2.45, 2.75) is 0 Å². The zero-order valence-electron chi connectivity index (χ0n) is 63.5. The summed E-state index contributed by atoms with van der Waals surface area (Å²) < 4.78 is 10.1. The summed E-state index contributed by atoms with van der Waals surface area (Å²) in [6.07, 6.45) is 0. The summed E-state index contributed by atoms with van der Waals surface area (Å²) in [5.74, 6) is 0.820. The molecular formula is C110H69N7. The van der Waals surface area contributed by atoms with Crippen LogP contribution in [0.15, 0.2) is 419 Å². The van der Waals surface area contributed by atoms with Crippen molar-refractivity contribution in [2.24, 2.45) is 0 Å². The van der Waals surface area contributed by atoms with Crippen molar-refractivity contribution in [3.05, 3.63) is 419 Å². The molecule has 7 nitrogen and oxygen atoms in total. The number of benzene rings is 18. The fourth-order valence-electron chi connectivity index (χ4n) is 19.3. The number of hydrogen-bond acceptors (Lipinski definition) is 3. The molecule has 0 N–H and O–H groups in total. The summed E-state index contributed by atoms with van der Waals surface area (Å²) in [6.45, 7) is 0. The Morgan fingerprint density at radius 2 is 0.573 bits per heavy atom. The summed E-state index contributed by atoms with van der Waals surface area (Å²) in [7, 11) is 0. The highest BCUT2D eigenvalue weighted by Crippen LogP contribution is 2.54. The second-order valence-corrected chi connectivity index (χ2v) is 30.6. The maximum atomic E-state index is 5.51. The second kappa shape index (κ2) is 26.5. The van der Waals surface area contributed by atoms with Gasteiger partial charge in [0.05, 0.1) is 66.6 Å². The Labute approximate surface area is 673 Å². The number of fused-ring (bicyclic) bond motifs is 11. The Hall–Kier alpha value is -15.7. The van der Waals surface area contributed by atoms with E-state index in [4.69, 9.17) is 9.97 Å². The molecule has 0 unspecified atom stereocenters. The van der Waals surface area contributed by atoms with E-state index in [1.54, 1.807) is 0 Å². The fourth-order valence-corrected chi connectivity index (χ4v) is 19.3. The summed E-state index contributed by atoms with van der Waals surface area (Å²) in [5, 5.41) is 17.2. The van der Waals surface area contributed by atoms with Gasteiger partial charge in [0.1, 0.15) is 5.69 Å².